The molecule has 1 aliphatic heterocycles. The number of rotatable bonds is 2. The average molecular weight is 266 g/mol. The summed E-state index contributed by atoms with van der Waals surface area (Å²) in [5.41, 5.74) is 3.97. The molecule has 104 valence electrons. The Morgan fingerprint density at radius 2 is 1.65 bits per heavy atom. The topological polar surface area (TPSA) is 15.3 Å². The zero-order valence-corrected chi connectivity index (χ0v) is 12.2. The second-order valence-corrected chi connectivity index (χ2v) is 5.69. The Hall–Kier alpha value is -1.80. The maximum absolute atomic E-state index is 3.55. The highest BCUT2D eigenvalue weighted by atomic mass is 15.2. The quantitative estimate of drug-likeness (QED) is 0.894. The number of piperazine rings is 1. The van der Waals surface area contributed by atoms with Gasteiger partial charge in [0.2, 0.25) is 0 Å². The number of para-hydroxylation sites is 1. The number of nitrogens with one attached hydrogen (secondary N) is 1. The number of benzene rings is 2. The number of hydrogen-bond acceptors (Lipinski definition) is 2. The van der Waals surface area contributed by atoms with Crippen molar-refractivity contribution < 1.29 is 0 Å². The first-order valence-corrected chi connectivity index (χ1v) is 7.40. The summed E-state index contributed by atoms with van der Waals surface area (Å²) in [6.45, 7) is 6.65. The van der Waals surface area contributed by atoms with Crippen molar-refractivity contribution in [2.75, 3.05) is 18.0 Å². The van der Waals surface area contributed by atoms with E-state index in [-0.39, 0.29) is 0 Å². The van der Waals surface area contributed by atoms with Crippen LogP contribution in [-0.2, 0) is 0 Å². The lowest BCUT2D eigenvalue weighted by Gasteiger charge is -2.40. The fourth-order valence-corrected chi connectivity index (χ4v) is 2.94. The first-order valence-electron chi connectivity index (χ1n) is 7.40. The Balaban J connectivity index is 2.01. The van der Waals surface area contributed by atoms with Crippen LogP contribution in [0.4, 0.5) is 5.69 Å². The highest BCUT2D eigenvalue weighted by Gasteiger charge is 2.24. The lowest BCUT2D eigenvalue weighted by Crippen LogP contribution is -2.54. The van der Waals surface area contributed by atoms with Gasteiger partial charge in [0.1, 0.15) is 0 Å². The normalized spacial score (nSPS) is 22.8. The van der Waals surface area contributed by atoms with E-state index in [1.807, 2.05) is 0 Å². The van der Waals surface area contributed by atoms with Gasteiger partial charge >= 0.3 is 0 Å². The zero-order valence-electron chi connectivity index (χ0n) is 12.2. The molecular weight excluding hydrogens is 244 g/mol. The van der Waals surface area contributed by atoms with Gasteiger partial charge in [-0.1, -0.05) is 48.5 Å². The van der Waals surface area contributed by atoms with E-state index in [9.17, 15) is 0 Å². The van der Waals surface area contributed by atoms with E-state index in [1.165, 1.54) is 16.8 Å². The van der Waals surface area contributed by atoms with Gasteiger partial charge in [0, 0.05) is 36.4 Å². The molecule has 0 spiro atoms. The smallest absolute Gasteiger partial charge is 0.0449 e. The summed E-state index contributed by atoms with van der Waals surface area (Å²) < 4.78 is 0. The minimum Gasteiger partial charge on any atom is -0.365 e. The molecule has 0 amide bonds. The van der Waals surface area contributed by atoms with Crippen LogP contribution in [0.5, 0.6) is 0 Å². The molecule has 2 nitrogen and oxygen atoms in total. The van der Waals surface area contributed by atoms with Crippen LogP contribution in [0.25, 0.3) is 11.1 Å². The minimum atomic E-state index is 0.524. The Kier molecular flexibility index (Phi) is 3.75. The molecule has 0 saturated carbocycles. The van der Waals surface area contributed by atoms with Gasteiger partial charge in [-0.3, -0.25) is 0 Å². The largest absolute Gasteiger partial charge is 0.365 e. The molecule has 1 N–H and O–H groups in total. The van der Waals surface area contributed by atoms with Gasteiger partial charge < -0.3 is 10.2 Å². The molecule has 0 radical (unpaired) electrons. The molecule has 1 saturated heterocycles. The van der Waals surface area contributed by atoms with Crippen LogP contribution in [0.2, 0.25) is 0 Å². The van der Waals surface area contributed by atoms with Gasteiger partial charge in [0.25, 0.3) is 0 Å². The van der Waals surface area contributed by atoms with Crippen LogP contribution < -0.4 is 10.2 Å². The van der Waals surface area contributed by atoms with Crippen molar-refractivity contribution >= 4 is 5.69 Å². The molecule has 2 aromatic rings. The van der Waals surface area contributed by atoms with Gasteiger partial charge in [-0.25, -0.2) is 0 Å². The van der Waals surface area contributed by atoms with E-state index in [4.69, 9.17) is 0 Å². The van der Waals surface area contributed by atoms with Gasteiger partial charge in [-0.2, -0.15) is 0 Å². The summed E-state index contributed by atoms with van der Waals surface area (Å²) in [6.07, 6.45) is 0. The fourth-order valence-electron chi connectivity index (χ4n) is 2.94. The highest BCUT2D eigenvalue weighted by molar-refractivity contribution is 5.79. The fraction of sp³-hybridized carbons (Fsp3) is 0.333. The molecule has 2 heteroatoms. The Morgan fingerprint density at radius 1 is 0.950 bits per heavy atom. The van der Waals surface area contributed by atoms with Crippen molar-refractivity contribution in [1.29, 1.82) is 0 Å². The third kappa shape index (κ3) is 2.56. The summed E-state index contributed by atoms with van der Waals surface area (Å²) in [6, 6.07) is 20.5. The van der Waals surface area contributed by atoms with Crippen molar-refractivity contribution in [1.82, 2.24) is 5.32 Å². The van der Waals surface area contributed by atoms with Crippen LogP contribution in [0, 0.1) is 0 Å². The number of hydrogen-bond donors (Lipinski definition) is 1. The maximum Gasteiger partial charge on any atom is 0.0449 e. The summed E-state index contributed by atoms with van der Waals surface area (Å²) >= 11 is 0. The standard InChI is InChI=1S/C18H22N2/c1-14-13-20(15(2)12-19-14)18-11-7-6-10-17(18)16-8-4-3-5-9-16/h3-11,14-15,19H,12-13H2,1-2H3. The van der Waals surface area contributed by atoms with E-state index in [0.29, 0.717) is 12.1 Å². The lowest BCUT2D eigenvalue weighted by atomic mass is 10.0. The van der Waals surface area contributed by atoms with Crippen LogP contribution in [0.3, 0.4) is 0 Å². The molecule has 3 rings (SSSR count). The van der Waals surface area contributed by atoms with Crippen molar-refractivity contribution in [2.24, 2.45) is 0 Å². The van der Waals surface area contributed by atoms with Crippen LogP contribution in [-0.4, -0.2) is 25.2 Å². The average Bonchev–Trinajstić information content (AvgIpc) is 2.51. The molecule has 20 heavy (non-hydrogen) atoms. The van der Waals surface area contributed by atoms with Crippen molar-refractivity contribution in [2.45, 2.75) is 25.9 Å². The molecular formula is C18H22N2. The van der Waals surface area contributed by atoms with E-state index in [1.54, 1.807) is 0 Å². The van der Waals surface area contributed by atoms with Crippen LogP contribution >= 0.6 is 0 Å². The van der Waals surface area contributed by atoms with Crippen molar-refractivity contribution in [3.8, 4) is 11.1 Å². The first kappa shape index (κ1) is 13.2. The molecule has 2 atom stereocenters. The highest BCUT2D eigenvalue weighted by Crippen LogP contribution is 2.32. The second kappa shape index (κ2) is 5.68. The van der Waals surface area contributed by atoms with Crippen molar-refractivity contribution in [3.63, 3.8) is 0 Å². The molecule has 0 aromatic heterocycles. The predicted octanol–water partition coefficient (Wildman–Crippen LogP) is 3.54. The Labute approximate surface area is 121 Å². The molecule has 2 unspecified atom stereocenters. The van der Waals surface area contributed by atoms with E-state index >= 15 is 0 Å². The third-order valence-corrected chi connectivity index (χ3v) is 4.06. The Bertz CT molecular complexity index is 565. The second-order valence-electron chi connectivity index (χ2n) is 5.69. The first-order chi connectivity index (χ1) is 9.75. The summed E-state index contributed by atoms with van der Waals surface area (Å²) in [7, 11) is 0. The van der Waals surface area contributed by atoms with Crippen LogP contribution in [0.1, 0.15) is 13.8 Å². The number of anilines is 1. The predicted molar refractivity (Wildman–Crippen MR) is 86.2 cm³/mol. The summed E-state index contributed by atoms with van der Waals surface area (Å²) in [4.78, 5) is 2.53. The van der Waals surface area contributed by atoms with Crippen molar-refractivity contribution in [3.05, 3.63) is 54.6 Å². The van der Waals surface area contributed by atoms with E-state index in [2.05, 4.69) is 78.7 Å². The van der Waals surface area contributed by atoms with Gasteiger partial charge in [0.05, 0.1) is 0 Å². The molecule has 2 aromatic carbocycles. The third-order valence-electron chi connectivity index (χ3n) is 4.06. The van der Waals surface area contributed by atoms with Gasteiger partial charge in [-0.15, -0.1) is 0 Å². The van der Waals surface area contributed by atoms with E-state index < -0.39 is 0 Å². The molecule has 0 bridgehead atoms. The van der Waals surface area contributed by atoms with E-state index in [0.717, 1.165) is 13.1 Å². The van der Waals surface area contributed by atoms with Gasteiger partial charge in [-0.05, 0) is 25.5 Å². The Morgan fingerprint density at radius 3 is 2.45 bits per heavy atom. The monoisotopic (exact) mass is 266 g/mol. The maximum atomic E-state index is 3.55. The molecule has 1 fully saturated rings. The summed E-state index contributed by atoms with van der Waals surface area (Å²) in [5, 5.41) is 3.55. The zero-order chi connectivity index (χ0) is 13.9. The van der Waals surface area contributed by atoms with Gasteiger partial charge in [0.15, 0.2) is 0 Å². The number of nitrogens with zero attached hydrogens (tertiary/aromatic N) is 1. The minimum absolute atomic E-state index is 0.524. The van der Waals surface area contributed by atoms with Crippen LogP contribution in [0.15, 0.2) is 54.6 Å². The lowest BCUT2D eigenvalue weighted by molar-refractivity contribution is 0.425. The molecule has 1 aliphatic rings. The molecule has 1 heterocycles. The summed E-state index contributed by atoms with van der Waals surface area (Å²) in [5.74, 6) is 0. The molecule has 0 aliphatic carbocycles. The SMILES string of the molecule is CC1CN(c2ccccc2-c2ccccc2)C(C)CN1.